The van der Waals surface area contributed by atoms with Crippen LogP contribution in [0.25, 0.3) is 0 Å². The van der Waals surface area contributed by atoms with Crippen LogP contribution in [0, 0.1) is 5.92 Å². The third-order valence-electron chi connectivity index (χ3n) is 3.07. The van der Waals surface area contributed by atoms with Crippen LogP contribution in [0.3, 0.4) is 0 Å². The molecule has 0 saturated carbocycles. The first-order valence-corrected chi connectivity index (χ1v) is 5.36. The fourth-order valence-corrected chi connectivity index (χ4v) is 2.22. The summed E-state index contributed by atoms with van der Waals surface area (Å²) in [6.45, 7) is 1.77. The van der Waals surface area contributed by atoms with Crippen LogP contribution in [0.1, 0.15) is 11.7 Å². The molecule has 1 saturated heterocycles. The highest BCUT2D eigenvalue weighted by atomic mass is 16.4. The zero-order chi connectivity index (χ0) is 12.0. The molecule has 0 radical (unpaired) electrons. The van der Waals surface area contributed by atoms with E-state index in [0.29, 0.717) is 18.3 Å². The predicted molar refractivity (Wildman–Crippen MR) is 55.4 cm³/mol. The Kier molecular flexibility index (Phi) is 2.03. The number of carbonyl (C=O) groups excluding carboxylic acids is 1. The van der Waals surface area contributed by atoms with E-state index in [2.05, 4.69) is 20.7 Å². The van der Waals surface area contributed by atoms with E-state index in [4.69, 9.17) is 5.11 Å². The summed E-state index contributed by atoms with van der Waals surface area (Å²) < 4.78 is 1.69. The molecule has 8 nitrogen and oxygen atoms in total. The van der Waals surface area contributed by atoms with E-state index in [0.717, 1.165) is 6.54 Å². The van der Waals surface area contributed by atoms with E-state index in [1.165, 1.54) is 0 Å². The maximum absolute atomic E-state index is 11.4. The van der Waals surface area contributed by atoms with Gasteiger partial charge in [-0.15, -0.1) is 0 Å². The molecule has 3 heterocycles. The molecule has 2 aliphatic heterocycles. The van der Waals surface area contributed by atoms with Crippen LogP contribution in [0.4, 0.5) is 5.95 Å². The van der Waals surface area contributed by atoms with Crippen LogP contribution in [0.5, 0.6) is 0 Å². The van der Waals surface area contributed by atoms with E-state index in [-0.39, 0.29) is 6.54 Å². The number of aliphatic carboxylic acids is 1. The Hall–Kier alpha value is -2.12. The van der Waals surface area contributed by atoms with E-state index in [1.807, 2.05) is 0 Å². The van der Waals surface area contributed by atoms with Gasteiger partial charge in [0.25, 0.3) is 0 Å². The number of carboxylic acid groups (broad SMARTS) is 1. The summed E-state index contributed by atoms with van der Waals surface area (Å²) in [6, 6.07) is 0. The third kappa shape index (κ3) is 1.44. The topological polar surface area (TPSA) is 109 Å². The Morgan fingerprint density at radius 2 is 2.29 bits per heavy atom. The van der Waals surface area contributed by atoms with Gasteiger partial charge >= 0.3 is 5.97 Å². The molecule has 8 heteroatoms. The van der Waals surface area contributed by atoms with Gasteiger partial charge in [-0.1, -0.05) is 0 Å². The van der Waals surface area contributed by atoms with Crippen molar-refractivity contribution in [2.24, 2.45) is 5.92 Å². The van der Waals surface area contributed by atoms with Crippen molar-refractivity contribution in [3.63, 3.8) is 0 Å². The molecule has 1 amide bonds. The zero-order valence-corrected chi connectivity index (χ0v) is 8.88. The van der Waals surface area contributed by atoms with Gasteiger partial charge in [-0.2, -0.15) is 10.1 Å². The average Bonchev–Trinajstić information content (AvgIpc) is 2.88. The lowest BCUT2D eigenvalue weighted by atomic mass is 9.95. The quantitative estimate of drug-likeness (QED) is 0.547. The number of anilines is 1. The molecule has 2 aliphatic rings. The number of carboxylic acids is 1. The summed E-state index contributed by atoms with van der Waals surface area (Å²) in [4.78, 5) is 26.7. The van der Waals surface area contributed by atoms with Gasteiger partial charge in [0.1, 0.15) is 5.92 Å². The van der Waals surface area contributed by atoms with Crippen LogP contribution >= 0.6 is 0 Å². The zero-order valence-electron chi connectivity index (χ0n) is 8.88. The molecule has 90 valence electrons. The number of rotatable bonds is 2. The average molecular weight is 237 g/mol. The third-order valence-corrected chi connectivity index (χ3v) is 3.07. The van der Waals surface area contributed by atoms with Crippen LogP contribution in [-0.4, -0.2) is 44.8 Å². The number of hydrogen-bond donors (Lipinski definition) is 3. The van der Waals surface area contributed by atoms with Crippen molar-refractivity contribution in [3.8, 4) is 0 Å². The Balaban J connectivity index is 1.92. The van der Waals surface area contributed by atoms with Gasteiger partial charge in [0.2, 0.25) is 11.9 Å². The van der Waals surface area contributed by atoms with E-state index in [9.17, 15) is 9.59 Å². The molecular weight excluding hydrogens is 226 g/mol. The lowest BCUT2D eigenvalue weighted by Gasteiger charge is -2.08. The monoisotopic (exact) mass is 237 g/mol. The summed E-state index contributed by atoms with van der Waals surface area (Å²) >= 11 is 0. The maximum atomic E-state index is 11.4. The lowest BCUT2D eigenvalue weighted by Crippen LogP contribution is -2.27. The molecule has 0 bridgehead atoms. The van der Waals surface area contributed by atoms with Crippen LogP contribution in [0.15, 0.2) is 0 Å². The first-order valence-electron chi connectivity index (χ1n) is 5.36. The number of aromatic nitrogens is 3. The lowest BCUT2D eigenvalue weighted by molar-refractivity contribution is -0.145. The second-order valence-corrected chi connectivity index (χ2v) is 4.11. The predicted octanol–water partition coefficient (Wildman–Crippen LogP) is -1.38. The minimum Gasteiger partial charge on any atom is -0.481 e. The van der Waals surface area contributed by atoms with Crippen LogP contribution < -0.4 is 10.6 Å². The number of hydrogen-bond acceptors (Lipinski definition) is 5. The maximum Gasteiger partial charge on any atom is 0.316 e. The fraction of sp³-hybridized carbons (Fsp3) is 0.556. The molecule has 0 aromatic carbocycles. The van der Waals surface area contributed by atoms with E-state index >= 15 is 0 Å². The summed E-state index contributed by atoms with van der Waals surface area (Å²) in [7, 11) is 0. The smallest absolute Gasteiger partial charge is 0.316 e. The molecule has 0 aliphatic carbocycles. The van der Waals surface area contributed by atoms with Crippen molar-refractivity contribution in [2.45, 2.75) is 12.5 Å². The second kappa shape index (κ2) is 3.44. The largest absolute Gasteiger partial charge is 0.481 e. The minimum atomic E-state index is -1.13. The Morgan fingerprint density at radius 1 is 1.47 bits per heavy atom. The van der Waals surface area contributed by atoms with Gasteiger partial charge < -0.3 is 15.7 Å². The summed E-state index contributed by atoms with van der Waals surface area (Å²) in [6.07, 6.45) is 0. The van der Waals surface area contributed by atoms with Crippen molar-refractivity contribution in [1.82, 2.24) is 20.1 Å². The molecular formula is C9H11N5O3. The molecule has 1 aromatic heterocycles. The number of carbonyl (C=O) groups is 2. The van der Waals surface area contributed by atoms with Gasteiger partial charge in [-0.25, -0.2) is 4.68 Å². The molecule has 3 N–H and O–H groups in total. The highest BCUT2D eigenvalue weighted by molar-refractivity contribution is 5.99. The van der Waals surface area contributed by atoms with Crippen molar-refractivity contribution in [2.75, 3.05) is 18.4 Å². The minimum absolute atomic E-state index is 0.277. The van der Waals surface area contributed by atoms with Crippen LogP contribution in [-0.2, 0) is 16.1 Å². The number of nitrogens with zero attached hydrogens (tertiary/aromatic N) is 3. The number of fused-ring (bicyclic) bond motifs is 1. The fourth-order valence-electron chi connectivity index (χ4n) is 2.22. The Labute approximate surface area is 96.0 Å². The highest BCUT2D eigenvalue weighted by Crippen LogP contribution is 2.28. The van der Waals surface area contributed by atoms with Gasteiger partial charge in [0.05, 0.1) is 12.5 Å². The summed E-state index contributed by atoms with van der Waals surface area (Å²) in [5.74, 6) is -2.11. The van der Waals surface area contributed by atoms with Crippen molar-refractivity contribution < 1.29 is 14.7 Å². The normalized spacial score (nSPS) is 26.5. The van der Waals surface area contributed by atoms with Gasteiger partial charge in [-0.3, -0.25) is 9.59 Å². The number of nitrogens with one attached hydrogen (secondary N) is 2. The van der Waals surface area contributed by atoms with Crippen molar-refractivity contribution >= 4 is 17.8 Å². The standard InChI is InChI=1S/C9H11N5O3/c15-7-5(8(16)17)4(3-11-7)6-12-9-10-1-2-14(9)13-6/h4-5H,1-3H2,(H,11,15)(H,16,17)(H,10,12,13). The SMILES string of the molecule is O=C(O)C1C(=O)NCC1c1nc2n(n1)CCN2. The molecule has 3 rings (SSSR count). The second-order valence-electron chi connectivity index (χ2n) is 4.11. The molecule has 17 heavy (non-hydrogen) atoms. The van der Waals surface area contributed by atoms with E-state index < -0.39 is 23.7 Å². The summed E-state index contributed by atoms with van der Waals surface area (Å²) in [5, 5.41) is 18.8. The van der Waals surface area contributed by atoms with Gasteiger partial charge in [0.15, 0.2) is 5.82 Å². The van der Waals surface area contributed by atoms with E-state index in [1.54, 1.807) is 4.68 Å². The first-order chi connectivity index (χ1) is 8.16. The first kappa shape index (κ1) is 10.1. The number of amides is 1. The molecule has 2 unspecified atom stereocenters. The van der Waals surface area contributed by atoms with Gasteiger partial charge in [-0.05, 0) is 0 Å². The Morgan fingerprint density at radius 3 is 3.00 bits per heavy atom. The summed E-state index contributed by atoms with van der Waals surface area (Å²) in [5.41, 5.74) is 0. The molecule has 2 atom stereocenters. The van der Waals surface area contributed by atoms with Crippen molar-refractivity contribution in [1.29, 1.82) is 0 Å². The highest BCUT2D eigenvalue weighted by Gasteiger charge is 2.43. The Bertz CT molecular complexity index is 475. The molecule has 1 aromatic rings. The van der Waals surface area contributed by atoms with Crippen molar-refractivity contribution in [3.05, 3.63) is 5.82 Å². The molecule has 0 spiro atoms. The molecule has 1 fully saturated rings. The van der Waals surface area contributed by atoms with Crippen LogP contribution in [0.2, 0.25) is 0 Å². The van der Waals surface area contributed by atoms with Gasteiger partial charge in [0, 0.05) is 13.1 Å².